The maximum Gasteiger partial charge on any atom is 0.313 e. The minimum absolute atomic E-state index is 0.0626. The van der Waals surface area contributed by atoms with E-state index in [1.54, 1.807) is 0 Å². The molecule has 1 aliphatic carbocycles. The van der Waals surface area contributed by atoms with E-state index in [2.05, 4.69) is 50.3 Å². The number of nitrogens with zero attached hydrogens (tertiary/aromatic N) is 2. The van der Waals surface area contributed by atoms with E-state index in [0.717, 1.165) is 32.6 Å². The van der Waals surface area contributed by atoms with Crippen molar-refractivity contribution in [2.75, 3.05) is 5.75 Å². The first kappa shape index (κ1) is 14.2. The highest BCUT2D eigenvalue weighted by Gasteiger charge is 2.23. The lowest BCUT2D eigenvalue weighted by Crippen LogP contribution is -2.07. The third-order valence-corrected chi connectivity index (χ3v) is 5.24. The van der Waals surface area contributed by atoms with Crippen molar-refractivity contribution < 1.29 is 9.90 Å². The zero-order valence-corrected chi connectivity index (χ0v) is 13.9. The lowest BCUT2D eigenvalue weighted by Gasteiger charge is -2.15. The normalized spacial score (nSPS) is 16.1. The minimum Gasteiger partial charge on any atom is -0.481 e. The highest BCUT2D eigenvalue weighted by atomic mass is 127. The maximum absolute atomic E-state index is 10.8. The second-order valence-electron chi connectivity index (χ2n) is 5.02. The summed E-state index contributed by atoms with van der Waals surface area (Å²) in [7, 11) is 0. The summed E-state index contributed by atoms with van der Waals surface area (Å²) in [6.07, 6.45) is 4.83. The summed E-state index contributed by atoms with van der Waals surface area (Å²) in [5.41, 5.74) is 2.10. The van der Waals surface area contributed by atoms with Gasteiger partial charge in [-0.15, -0.1) is 0 Å². The van der Waals surface area contributed by atoms with Crippen molar-refractivity contribution in [3.63, 3.8) is 0 Å². The molecule has 4 nitrogen and oxygen atoms in total. The van der Waals surface area contributed by atoms with E-state index in [0.29, 0.717) is 6.04 Å². The number of imidazole rings is 1. The topological polar surface area (TPSA) is 55.1 Å². The molecule has 1 N–H and O–H groups in total. The Morgan fingerprint density at radius 2 is 2.20 bits per heavy atom. The molecule has 1 heterocycles. The van der Waals surface area contributed by atoms with Crippen molar-refractivity contribution in [3.8, 4) is 0 Å². The van der Waals surface area contributed by atoms with Crippen LogP contribution in [0.5, 0.6) is 0 Å². The van der Waals surface area contributed by atoms with E-state index in [-0.39, 0.29) is 5.75 Å². The number of thioether (sulfide) groups is 1. The minimum atomic E-state index is -0.797. The van der Waals surface area contributed by atoms with Gasteiger partial charge in [0.1, 0.15) is 0 Å². The van der Waals surface area contributed by atoms with Crippen molar-refractivity contribution in [1.82, 2.24) is 9.55 Å². The number of fused-ring (bicyclic) bond motifs is 1. The van der Waals surface area contributed by atoms with Crippen LogP contribution in [-0.2, 0) is 4.79 Å². The second kappa shape index (κ2) is 5.93. The Labute approximate surface area is 135 Å². The molecule has 106 valence electrons. The van der Waals surface area contributed by atoms with Gasteiger partial charge in [-0.25, -0.2) is 4.98 Å². The standard InChI is InChI=1S/C14H15IN2O2S/c15-9-5-6-12-11(7-9)16-14(20-8-13(18)19)17(12)10-3-1-2-4-10/h5-7,10H,1-4,8H2,(H,18,19). The van der Waals surface area contributed by atoms with E-state index in [9.17, 15) is 4.79 Å². The van der Waals surface area contributed by atoms with Crippen LogP contribution in [0.1, 0.15) is 31.7 Å². The van der Waals surface area contributed by atoms with Crippen molar-refractivity contribution in [2.45, 2.75) is 36.9 Å². The van der Waals surface area contributed by atoms with Crippen molar-refractivity contribution >= 4 is 51.4 Å². The van der Waals surface area contributed by atoms with Gasteiger partial charge in [0, 0.05) is 9.61 Å². The Balaban J connectivity index is 2.05. The van der Waals surface area contributed by atoms with Crippen LogP contribution in [0.2, 0.25) is 0 Å². The van der Waals surface area contributed by atoms with Crippen LogP contribution in [0.15, 0.2) is 23.4 Å². The SMILES string of the molecule is O=C(O)CSc1nc2cc(I)ccc2n1C1CCCC1. The van der Waals surface area contributed by atoms with Crippen molar-refractivity contribution in [1.29, 1.82) is 0 Å². The molecule has 0 aliphatic heterocycles. The predicted octanol–water partition coefficient (Wildman–Crippen LogP) is 3.93. The molecule has 0 amide bonds. The molecular weight excluding hydrogens is 387 g/mol. The third kappa shape index (κ3) is 2.81. The molecule has 1 aliphatic rings. The van der Waals surface area contributed by atoms with E-state index < -0.39 is 5.97 Å². The number of aliphatic carboxylic acids is 1. The number of hydrogen-bond donors (Lipinski definition) is 1. The molecular formula is C14H15IN2O2S. The molecule has 1 fully saturated rings. The summed E-state index contributed by atoms with van der Waals surface area (Å²) < 4.78 is 3.41. The summed E-state index contributed by atoms with van der Waals surface area (Å²) in [6.45, 7) is 0. The summed E-state index contributed by atoms with van der Waals surface area (Å²) in [6, 6.07) is 6.72. The largest absolute Gasteiger partial charge is 0.481 e. The van der Waals surface area contributed by atoms with Gasteiger partial charge in [0.05, 0.1) is 16.8 Å². The Hall–Kier alpha value is -0.760. The first-order chi connectivity index (χ1) is 9.65. The van der Waals surface area contributed by atoms with Gasteiger partial charge in [0.25, 0.3) is 0 Å². The Morgan fingerprint density at radius 1 is 1.45 bits per heavy atom. The first-order valence-corrected chi connectivity index (χ1v) is 8.73. The van der Waals surface area contributed by atoms with Crippen LogP contribution in [0.3, 0.4) is 0 Å². The lowest BCUT2D eigenvalue weighted by atomic mass is 10.2. The fraction of sp³-hybridized carbons (Fsp3) is 0.429. The molecule has 0 radical (unpaired) electrons. The predicted molar refractivity (Wildman–Crippen MR) is 88.3 cm³/mol. The molecule has 20 heavy (non-hydrogen) atoms. The molecule has 0 bridgehead atoms. The molecule has 0 spiro atoms. The van der Waals surface area contributed by atoms with Crippen LogP contribution in [0.4, 0.5) is 0 Å². The fourth-order valence-electron chi connectivity index (χ4n) is 2.79. The number of carboxylic acids is 1. The van der Waals surface area contributed by atoms with Gasteiger partial charge in [-0.1, -0.05) is 24.6 Å². The lowest BCUT2D eigenvalue weighted by molar-refractivity contribution is -0.133. The molecule has 0 atom stereocenters. The first-order valence-electron chi connectivity index (χ1n) is 6.67. The molecule has 0 unspecified atom stereocenters. The van der Waals surface area contributed by atoms with Crippen LogP contribution in [-0.4, -0.2) is 26.4 Å². The molecule has 0 saturated heterocycles. The number of carbonyl (C=O) groups is 1. The van der Waals surface area contributed by atoms with Gasteiger partial charge >= 0.3 is 5.97 Å². The molecule has 1 aromatic carbocycles. The summed E-state index contributed by atoms with van der Waals surface area (Å²) in [5, 5.41) is 9.73. The second-order valence-corrected chi connectivity index (χ2v) is 7.21. The molecule has 2 aromatic rings. The monoisotopic (exact) mass is 402 g/mol. The Morgan fingerprint density at radius 3 is 2.90 bits per heavy atom. The summed E-state index contributed by atoms with van der Waals surface area (Å²) in [4.78, 5) is 15.5. The summed E-state index contributed by atoms with van der Waals surface area (Å²) in [5.74, 6) is -0.734. The zero-order valence-electron chi connectivity index (χ0n) is 10.9. The van der Waals surface area contributed by atoms with Crippen LogP contribution in [0.25, 0.3) is 11.0 Å². The third-order valence-electron chi connectivity index (χ3n) is 3.63. The van der Waals surface area contributed by atoms with Crippen LogP contribution in [0, 0.1) is 3.57 Å². The number of carboxylic acid groups (broad SMARTS) is 1. The van der Waals surface area contributed by atoms with Crippen LogP contribution < -0.4 is 0 Å². The number of aromatic nitrogens is 2. The number of halogens is 1. The quantitative estimate of drug-likeness (QED) is 0.622. The molecule has 3 rings (SSSR count). The molecule has 1 aromatic heterocycles. The number of benzene rings is 1. The Kier molecular flexibility index (Phi) is 4.21. The van der Waals surface area contributed by atoms with Gasteiger partial charge in [-0.05, 0) is 53.6 Å². The highest BCUT2D eigenvalue weighted by molar-refractivity contribution is 14.1. The van der Waals surface area contributed by atoms with Crippen LogP contribution >= 0.6 is 34.4 Å². The molecule has 1 saturated carbocycles. The van der Waals surface area contributed by atoms with E-state index in [1.165, 1.54) is 24.6 Å². The fourth-order valence-corrected chi connectivity index (χ4v) is 4.07. The zero-order chi connectivity index (χ0) is 14.1. The van der Waals surface area contributed by atoms with Crippen molar-refractivity contribution in [2.24, 2.45) is 0 Å². The van der Waals surface area contributed by atoms with Gasteiger partial charge in [-0.2, -0.15) is 0 Å². The number of hydrogen-bond acceptors (Lipinski definition) is 3. The Bertz CT molecular complexity index is 650. The smallest absolute Gasteiger partial charge is 0.313 e. The van der Waals surface area contributed by atoms with Gasteiger partial charge < -0.3 is 9.67 Å². The average molecular weight is 402 g/mol. The average Bonchev–Trinajstić information content (AvgIpc) is 3.01. The van der Waals surface area contributed by atoms with Gasteiger partial charge in [0.15, 0.2) is 5.16 Å². The van der Waals surface area contributed by atoms with E-state index in [4.69, 9.17) is 5.11 Å². The van der Waals surface area contributed by atoms with Gasteiger partial charge in [0.2, 0.25) is 0 Å². The maximum atomic E-state index is 10.8. The number of rotatable bonds is 4. The van der Waals surface area contributed by atoms with Gasteiger partial charge in [-0.3, -0.25) is 4.79 Å². The van der Waals surface area contributed by atoms with E-state index in [1.807, 2.05) is 0 Å². The van der Waals surface area contributed by atoms with Crippen molar-refractivity contribution in [3.05, 3.63) is 21.8 Å². The summed E-state index contributed by atoms with van der Waals surface area (Å²) >= 11 is 3.60. The molecule has 6 heteroatoms. The highest BCUT2D eigenvalue weighted by Crippen LogP contribution is 2.36. The van der Waals surface area contributed by atoms with E-state index >= 15 is 0 Å².